The number of nitrogens with zero attached hydrogens (tertiary/aromatic N) is 2. The number of methoxy groups -OCH3 is 2. The van der Waals surface area contributed by atoms with E-state index in [1.54, 1.807) is 32.4 Å². The SMILES string of the molecule is COc1cc(OC)cc(C(=O)Cc2ccn(C(C)C)n2)c1. The number of benzene rings is 1. The van der Waals surface area contributed by atoms with Crippen LogP contribution in [0.25, 0.3) is 0 Å². The van der Waals surface area contributed by atoms with Gasteiger partial charge in [0.2, 0.25) is 0 Å². The van der Waals surface area contributed by atoms with Crippen molar-refractivity contribution in [3.63, 3.8) is 0 Å². The summed E-state index contributed by atoms with van der Waals surface area (Å²) in [4.78, 5) is 12.4. The number of hydrogen-bond donors (Lipinski definition) is 0. The molecule has 0 spiro atoms. The Balaban J connectivity index is 2.19. The van der Waals surface area contributed by atoms with Gasteiger partial charge in [-0.05, 0) is 32.0 Å². The van der Waals surface area contributed by atoms with Crippen molar-refractivity contribution in [3.8, 4) is 11.5 Å². The van der Waals surface area contributed by atoms with Crippen molar-refractivity contribution >= 4 is 5.78 Å². The predicted octanol–water partition coefficient (Wildman–Crippen LogP) is 2.91. The Kier molecular flexibility index (Phi) is 4.62. The van der Waals surface area contributed by atoms with Gasteiger partial charge in [-0.1, -0.05) is 0 Å². The predicted molar refractivity (Wildman–Crippen MR) is 80.2 cm³/mol. The highest BCUT2D eigenvalue weighted by Crippen LogP contribution is 2.23. The lowest BCUT2D eigenvalue weighted by molar-refractivity contribution is 0.0991. The molecule has 0 unspecified atom stereocenters. The largest absolute Gasteiger partial charge is 0.497 e. The second-order valence-electron chi connectivity index (χ2n) is 5.08. The molecular weight excluding hydrogens is 268 g/mol. The third kappa shape index (κ3) is 3.62. The number of ketones is 1. The summed E-state index contributed by atoms with van der Waals surface area (Å²) in [5.41, 5.74) is 1.32. The Morgan fingerprint density at radius 1 is 1.19 bits per heavy atom. The van der Waals surface area contributed by atoms with Crippen LogP contribution < -0.4 is 9.47 Å². The van der Waals surface area contributed by atoms with E-state index >= 15 is 0 Å². The molecule has 0 N–H and O–H groups in total. The van der Waals surface area contributed by atoms with Gasteiger partial charge in [0, 0.05) is 23.9 Å². The van der Waals surface area contributed by atoms with Gasteiger partial charge < -0.3 is 9.47 Å². The first kappa shape index (κ1) is 15.1. The van der Waals surface area contributed by atoms with Crippen LogP contribution in [0, 0.1) is 0 Å². The summed E-state index contributed by atoms with van der Waals surface area (Å²) in [6, 6.07) is 7.32. The van der Waals surface area contributed by atoms with Crippen LogP contribution in [0.1, 0.15) is 35.9 Å². The average Bonchev–Trinajstić information content (AvgIpc) is 2.95. The Morgan fingerprint density at radius 2 is 1.81 bits per heavy atom. The van der Waals surface area contributed by atoms with E-state index in [4.69, 9.17) is 9.47 Å². The summed E-state index contributed by atoms with van der Waals surface area (Å²) >= 11 is 0. The molecule has 1 heterocycles. The number of ether oxygens (including phenoxy) is 2. The van der Waals surface area contributed by atoms with Crippen molar-refractivity contribution in [1.29, 1.82) is 0 Å². The maximum absolute atomic E-state index is 12.4. The van der Waals surface area contributed by atoms with E-state index in [1.165, 1.54) is 0 Å². The van der Waals surface area contributed by atoms with Crippen LogP contribution in [0.3, 0.4) is 0 Å². The molecule has 112 valence electrons. The number of rotatable bonds is 6. The van der Waals surface area contributed by atoms with E-state index in [1.807, 2.05) is 30.8 Å². The first-order valence-electron chi connectivity index (χ1n) is 6.83. The van der Waals surface area contributed by atoms with Gasteiger partial charge in [0.1, 0.15) is 11.5 Å². The standard InChI is InChI=1S/C16H20N2O3/c1-11(2)18-6-5-13(17-18)9-16(19)12-7-14(20-3)10-15(8-12)21-4/h5-8,10-11H,9H2,1-4H3. The Hall–Kier alpha value is -2.30. The average molecular weight is 288 g/mol. The normalized spacial score (nSPS) is 10.7. The van der Waals surface area contributed by atoms with Crippen LogP contribution in [0.5, 0.6) is 11.5 Å². The van der Waals surface area contributed by atoms with Gasteiger partial charge in [0.25, 0.3) is 0 Å². The number of carbonyl (C=O) groups excluding carboxylic acids is 1. The quantitative estimate of drug-likeness (QED) is 0.767. The lowest BCUT2D eigenvalue weighted by atomic mass is 10.1. The molecule has 0 fully saturated rings. The number of carbonyl (C=O) groups is 1. The Labute approximate surface area is 124 Å². The van der Waals surface area contributed by atoms with Crippen molar-refractivity contribution in [2.75, 3.05) is 14.2 Å². The molecule has 0 saturated heterocycles. The lowest BCUT2D eigenvalue weighted by Gasteiger charge is -2.07. The smallest absolute Gasteiger partial charge is 0.169 e. The van der Waals surface area contributed by atoms with Crippen LogP contribution in [0.2, 0.25) is 0 Å². The molecule has 5 nitrogen and oxygen atoms in total. The summed E-state index contributed by atoms with van der Waals surface area (Å²) in [6.45, 7) is 4.09. The third-order valence-corrected chi connectivity index (χ3v) is 3.21. The van der Waals surface area contributed by atoms with Crippen molar-refractivity contribution in [2.24, 2.45) is 0 Å². The van der Waals surface area contributed by atoms with Crippen LogP contribution in [-0.4, -0.2) is 29.8 Å². The molecule has 0 saturated carbocycles. The molecule has 1 aromatic heterocycles. The van der Waals surface area contributed by atoms with Gasteiger partial charge in [-0.15, -0.1) is 0 Å². The minimum Gasteiger partial charge on any atom is -0.497 e. The molecule has 0 bridgehead atoms. The molecule has 21 heavy (non-hydrogen) atoms. The van der Waals surface area contributed by atoms with Crippen LogP contribution >= 0.6 is 0 Å². The zero-order valence-corrected chi connectivity index (χ0v) is 12.8. The van der Waals surface area contributed by atoms with Gasteiger partial charge in [-0.2, -0.15) is 5.10 Å². The minimum atomic E-state index is -0.0128. The monoisotopic (exact) mass is 288 g/mol. The summed E-state index contributed by atoms with van der Waals surface area (Å²) in [6.07, 6.45) is 2.15. The Bertz CT molecular complexity index is 610. The molecule has 2 aromatic rings. The van der Waals surface area contributed by atoms with Gasteiger partial charge in [0.05, 0.1) is 26.3 Å². The van der Waals surface area contributed by atoms with E-state index in [2.05, 4.69) is 5.10 Å². The first-order chi connectivity index (χ1) is 10.0. The summed E-state index contributed by atoms with van der Waals surface area (Å²) < 4.78 is 12.2. The number of Topliss-reactive ketones (excluding diaryl/α,β-unsaturated/α-hetero) is 1. The van der Waals surface area contributed by atoms with Crippen LogP contribution in [0.15, 0.2) is 30.5 Å². The highest BCUT2D eigenvalue weighted by molar-refractivity contribution is 5.98. The van der Waals surface area contributed by atoms with Gasteiger partial charge in [0.15, 0.2) is 5.78 Å². The lowest BCUT2D eigenvalue weighted by Crippen LogP contribution is -2.07. The summed E-state index contributed by atoms with van der Waals surface area (Å²) in [5, 5.41) is 4.39. The fourth-order valence-electron chi connectivity index (χ4n) is 1.99. The number of hydrogen-bond acceptors (Lipinski definition) is 4. The zero-order valence-electron chi connectivity index (χ0n) is 12.8. The van der Waals surface area contributed by atoms with E-state index in [0.717, 1.165) is 5.69 Å². The molecule has 0 atom stereocenters. The Morgan fingerprint density at radius 3 is 2.29 bits per heavy atom. The van der Waals surface area contributed by atoms with E-state index < -0.39 is 0 Å². The second kappa shape index (κ2) is 6.43. The molecule has 1 aromatic carbocycles. The molecular formula is C16H20N2O3. The fraction of sp³-hybridized carbons (Fsp3) is 0.375. The third-order valence-electron chi connectivity index (χ3n) is 3.21. The highest BCUT2D eigenvalue weighted by Gasteiger charge is 2.13. The maximum Gasteiger partial charge on any atom is 0.169 e. The highest BCUT2D eigenvalue weighted by atomic mass is 16.5. The maximum atomic E-state index is 12.4. The van der Waals surface area contributed by atoms with Crippen molar-refractivity contribution in [1.82, 2.24) is 9.78 Å². The second-order valence-corrected chi connectivity index (χ2v) is 5.08. The first-order valence-corrected chi connectivity index (χ1v) is 6.83. The van der Waals surface area contributed by atoms with E-state index in [9.17, 15) is 4.79 Å². The van der Waals surface area contributed by atoms with Gasteiger partial charge in [-0.3, -0.25) is 9.48 Å². The minimum absolute atomic E-state index is 0.0128. The number of aromatic nitrogens is 2. The molecule has 0 amide bonds. The molecule has 2 rings (SSSR count). The van der Waals surface area contributed by atoms with E-state index in [0.29, 0.717) is 17.1 Å². The van der Waals surface area contributed by atoms with E-state index in [-0.39, 0.29) is 18.2 Å². The summed E-state index contributed by atoms with van der Waals surface area (Å²) in [7, 11) is 3.13. The molecule has 0 aliphatic heterocycles. The molecule has 0 aliphatic rings. The van der Waals surface area contributed by atoms with Gasteiger partial charge in [-0.25, -0.2) is 0 Å². The fourth-order valence-corrected chi connectivity index (χ4v) is 1.99. The van der Waals surface area contributed by atoms with Gasteiger partial charge >= 0.3 is 0 Å². The molecule has 0 radical (unpaired) electrons. The van der Waals surface area contributed by atoms with Crippen LogP contribution in [-0.2, 0) is 6.42 Å². The molecule has 5 heteroatoms. The van der Waals surface area contributed by atoms with Crippen molar-refractivity contribution in [3.05, 3.63) is 41.7 Å². The summed E-state index contributed by atoms with van der Waals surface area (Å²) in [5.74, 6) is 1.19. The van der Waals surface area contributed by atoms with Crippen molar-refractivity contribution < 1.29 is 14.3 Å². The molecule has 0 aliphatic carbocycles. The van der Waals surface area contributed by atoms with Crippen LogP contribution in [0.4, 0.5) is 0 Å². The van der Waals surface area contributed by atoms with Crippen molar-refractivity contribution in [2.45, 2.75) is 26.3 Å². The zero-order chi connectivity index (χ0) is 15.4. The topological polar surface area (TPSA) is 53.4 Å².